The van der Waals surface area contributed by atoms with E-state index in [0.717, 1.165) is 18.8 Å². The zero-order valence-corrected chi connectivity index (χ0v) is 15.0. The highest BCUT2D eigenvalue weighted by Crippen LogP contribution is 2.25. The van der Waals surface area contributed by atoms with E-state index in [1.807, 2.05) is 11.8 Å². The van der Waals surface area contributed by atoms with Crippen LogP contribution in [0.25, 0.3) is 0 Å². The first-order valence-electron chi connectivity index (χ1n) is 8.51. The average molecular weight is 334 g/mol. The third-order valence-electron chi connectivity index (χ3n) is 4.67. The molecule has 0 unspecified atom stereocenters. The van der Waals surface area contributed by atoms with Crippen LogP contribution in [0, 0.1) is 0 Å². The van der Waals surface area contributed by atoms with Crippen LogP contribution >= 0.6 is 11.8 Å². The van der Waals surface area contributed by atoms with Crippen molar-refractivity contribution in [3.63, 3.8) is 0 Å². The van der Waals surface area contributed by atoms with Gasteiger partial charge in [-0.3, -0.25) is 4.99 Å². The fourth-order valence-corrected chi connectivity index (χ4v) is 4.23. The molecule has 0 N–H and O–H groups in total. The molecule has 1 fully saturated rings. The van der Waals surface area contributed by atoms with Crippen LogP contribution < -0.4 is 4.74 Å². The second-order valence-electron chi connectivity index (χ2n) is 6.38. The lowest BCUT2D eigenvalue weighted by molar-refractivity contribution is 0.174. The maximum absolute atomic E-state index is 5.27. The largest absolute Gasteiger partial charge is 0.497 e. The Labute approximate surface area is 143 Å². The van der Waals surface area contributed by atoms with E-state index >= 15 is 0 Å². The highest BCUT2D eigenvalue weighted by molar-refractivity contribution is 8.13. The van der Waals surface area contributed by atoms with Crippen LogP contribution in [0.3, 0.4) is 0 Å². The third kappa shape index (κ3) is 4.42. The monoisotopic (exact) mass is 333 g/mol. The molecule has 0 aliphatic carbocycles. The first-order valence-corrected chi connectivity index (χ1v) is 9.50. The summed E-state index contributed by atoms with van der Waals surface area (Å²) < 4.78 is 5.27. The van der Waals surface area contributed by atoms with E-state index in [1.165, 1.54) is 48.8 Å². The summed E-state index contributed by atoms with van der Waals surface area (Å²) in [4.78, 5) is 9.80. The Balaban J connectivity index is 1.75. The Bertz CT molecular complexity index is 524. The van der Waals surface area contributed by atoms with E-state index in [-0.39, 0.29) is 0 Å². The zero-order valence-electron chi connectivity index (χ0n) is 14.2. The fourth-order valence-electron chi connectivity index (χ4n) is 3.21. The predicted molar refractivity (Wildman–Crippen MR) is 98.4 cm³/mol. The molecule has 2 aliphatic rings. The molecule has 0 saturated carbocycles. The number of nitrogens with zero attached hydrogens (tertiary/aromatic N) is 3. The van der Waals surface area contributed by atoms with Crippen LogP contribution in [0.1, 0.15) is 24.8 Å². The second kappa shape index (κ2) is 8.06. The standard InChI is InChI=1S/C18H27N3OS/c1-20-11-8-16(9-12-20)21(18-19-10-3-13-23-18)14-15-4-6-17(22-2)7-5-15/h4-7,16H,3,8-14H2,1-2H3. The number of ether oxygens (including phenoxy) is 1. The molecular formula is C18H27N3OS. The van der Waals surface area contributed by atoms with Crippen LogP contribution in [-0.4, -0.2) is 60.6 Å². The highest BCUT2D eigenvalue weighted by atomic mass is 32.2. The number of hydrogen-bond acceptors (Lipinski definition) is 5. The van der Waals surface area contributed by atoms with Gasteiger partial charge in [0.2, 0.25) is 0 Å². The minimum Gasteiger partial charge on any atom is -0.497 e. The van der Waals surface area contributed by atoms with Gasteiger partial charge in [0, 0.05) is 24.9 Å². The molecule has 0 aromatic heterocycles. The predicted octanol–water partition coefficient (Wildman–Crippen LogP) is 3.08. The van der Waals surface area contributed by atoms with Crippen molar-refractivity contribution in [2.45, 2.75) is 31.8 Å². The van der Waals surface area contributed by atoms with Gasteiger partial charge in [0.1, 0.15) is 5.75 Å². The van der Waals surface area contributed by atoms with Gasteiger partial charge in [-0.1, -0.05) is 23.9 Å². The number of aliphatic imine (C=N–C) groups is 1. The Hall–Kier alpha value is -1.20. The van der Waals surface area contributed by atoms with Crippen molar-refractivity contribution in [2.75, 3.05) is 39.5 Å². The smallest absolute Gasteiger partial charge is 0.159 e. The third-order valence-corrected chi connectivity index (χ3v) is 5.78. The SMILES string of the molecule is COc1ccc(CN(C2=NCCCS2)C2CCN(C)CC2)cc1. The minimum absolute atomic E-state index is 0.609. The molecule has 0 atom stereocenters. The molecule has 2 heterocycles. The van der Waals surface area contributed by atoms with Gasteiger partial charge in [0.15, 0.2) is 5.17 Å². The maximum atomic E-state index is 5.27. The molecule has 5 heteroatoms. The molecule has 0 bridgehead atoms. The number of likely N-dealkylation sites (tertiary alicyclic amines) is 1. The van der Waals surface area contributed by atoms with E-state index in [2.05, 4.69) is 41.1 Å². The Morgan fingerprint density at radius 3 is 2.61 bits per heavy atom. The van der Waals surface area contributed by atoms with E-state index in [1.54, 1.807) is 7.11 Å². The summed E-state index contributed by atoms with van der Waals surface area (Å²) >= 11 is 1.93. The summed E-state index contributed by atoms with van der Waals surface area (Å²) in [6.45, 7) is 4.29. The summed E-state index contributed by atoms with van der Waals surface area (Å²) in [5.41, 5.74) is 1.33. The van der Waals surface area contributed by atoms with Crippen molar-refractivity contribution in [1.29, 1.82) is 0 Å². The summed E-state index contributed by atoms with van der Waals surface area (Å²) in [5, 5.41) is 1.25. The summed E-state index contributed by atoms with van der Waals surface area (Å²) in [6.07, 6.45) is 3.66. The van der Waals surface area contributed by atoms with Gasteiger partial charge < -0.3 is 14.5 Å². The van der Waals surface area contributed by atoms with Crippen molar-refractivity contribution in [2.24, 2.45) is 4.99 Å². The number of hydrogen-bond donors (Lipinski definition) is 0. The van der Waals surface area contributed by atoms with Crippen LogP contribution in [0.4, 0.5) is 0 Å². The minimum atomic E-state index is 0.609. The highest BCUT2D eigenvalue weighted by Gasteiger charge is 2.26. The first kappa shape index (κ1) is 16.7. The Morgan fingerprint density at radius 1 is 1.26 bits per heavy atom. The average Bonchev–Trinajstić information content (AvgIpc) is 2.62. The van der Waals surface area contributed by atoms with Gasteiger partial charge in [-0.25, -0.2) is 0 Å². The molecule has 1 aromatic carbocycles. The molecular weight excluding hydrogens is 306 g/mol. The number of benzene rings is 1. The van der Waals surface area contributed by atoms with Gasteiger partial charge in [-0.15, -0.1) is 0 Å². The number of piperidine rings is 1. The molecule has 126 valence electrons. The van der Waals surface area contributed by atoms with Crippen molar-refractivity contribution in [3.05, 3.63) is 29.8 Å². The summed E-state index contributed by atoms with van der Waals surface area (Å²) in [5.74, 6) is 2.12. The normalized spacial score (nSPS) is 20.2. The molecule has 2 aliphatic heterocycles. The van der Waals surface area contributed by atoms with Crippen molar-refractivity contribution in [1.82, 2.24) is 9.80 Å². The molecule has 23 heavy (non-hydrogen) atoms. The van der Waals surface area contributed by atoms with E-state index in [4.69, 9.17) is 9.73 Å². The second-order valence-corrected chi connectivity index (χ2v) is 7.44. The maximum Gasteiger partial charge on any atom is 0.159 e. The van der Waals surface area contributed by atoms with Crippen molar-refractivity contribution < 1.29 is 4.74 Å². The van der Waals surface area contributed by atoms with Crippen LogP contribution in [0.2, 0.25) is 0 Å². The molecule has 3 rings (SSSR count). The number of methoxy groups -OCH3 is 1. The lowest BCUT2D eigenvalue weighted by Gasteiger charge is -2.39. The van der Waals surface area contributed by atoms with E-state index in [0.29, 0.717) is 6.04 Å². The molecule has 1 aromatic rings. The molecule has 0 amide bonds. The molecule has 0 radical (unpaired) electrons. The number of amidine groups is 1. The molecule has 0 spiro atoms. The van der Waals surface area contributed by atoms with Crippen LogP contribution in [-0.2, 0) is 6.54 Å². The van der Waals surface area contributed by atoms with Gasteiger partial charge in [0.25, 0.3) is 0 Å². The summed E-state index contributed by atoms with van der Waals surface area (Å²) in [6, 6.07) is 9.07. The lowest BCUT2D eigenvalue weighted by atomic mass is 10.0. The summed E-state index contributed by atoms with van der Waals surface area (Å²) in [7, 11) is 3.93. The quantitative estimate of drug-likeness (QED) is 0.846. The van der Waals surface area contributed by atoms with E-state index < -0.39 is 0 Å². The zero-order chi connectivity index (χ0) is 16.1. The fraction of sp³-hybridized carbons (Fsp3) is 0.611. The van der Waals surface area contributed by atoms with Gasteiger partial charge in [-0.05, 0) is 57.1 Å². The number of thioether (sulfide) groups is 1. The first-order chi connectivity index (χ1) is 11.3. The van der Waals surface area contributed by atoms with Gasteiger partial charge >= 0.3 is 0 Å². The Kier molecular flexibility index (Phi) is 5.84. The van der Waals surface area contributed by atoms with Crippen molar-refractivity contribution >= 4 is 16.9 Å². The topological polar surface area (TPSA) is 28.1 Å². The van der Waals surface area contributed by atoms with E-state index in [9.17, 15) is 0 Å². The van der Waals surface area contributed by atoms with Crippen LogP contribution in [0.5, 0.6) is 5.75 Å². The molecule has 4 nitrogen and oxygen atoms in total. The Morgan fingerprint density at radius 2 is 2.00 bits per heavy atom. The van der Waals surface area contributed by atoms with Crippen LogP contribution in [0.15, 0.2) is 29.3 Å². The molecule has 1 saturated heterocycles. The number of rotatable bonds is 4. The van der Waals surface area contributed by atoms with Gasteiger partial charge in [0.05, 0.1) is 7.11 Å². The van der Waals surface area contributed by atoms with Crippen molar-refractivity contribution in [3.8, 4) is 5.75 Å². The lowest BCUT2D eigenvalue weighted by Crippen LogP contribution is -2.45. The van der Waals surface area contributed by atoms with Gasteiger partial charge in [-0.2, -0.15) is 0 Å².